The molecule has 0 amide bonds. The molecule has 1 aliphatic heterocycles. The van der Waals surface area contributed by atoms with Crippen LogP contribution in [0.1, 0.15) is 58.3 Å². The van der Waals surface area contributed by atoms with Crippen LogP contribution in [-0.4, -0.2) is 73.4 Å². The topological polar surface area (TPSA) is 178 Å². The Kier molecular flexibility index (Phi) is 9.15. The second-order valence-corrected chi connectivity index (χ2v) is 10.5. The maximum Gasteiger partial charge on any atom is 0.346 e. The first-order valence-electron chi connectivity index (χ1n) is 13.7. The van der Waals surface area contributed by atoms with E-state index in [9.17, 15) is 19.5 Å². The van der Waals surface area contributed by atoms with E-state index in [1.54, 1.807) is 38.1 Å². The third-order valence-electron chi connectivity index (χ3n) is 7.49. The lowest BCUT2D eigenvalue weighted by atomic mass is 9.81. The summed E-state index contributed by atoms with van der Waals surface area (Å²) in [7, 11) is 0. The molecular weight excluding hydrogens is 558 g/mol. The Morgan fingerprint density at radius 2 is 1.95 bits per heavy atom. The number of nitrogen functional groups attached to an aromatic ring is 1. The van der Waals surface area contributed by atoms with E-state index in [4.69, 9.17) is 31.1 Å². The smallest absolute Gasteiger partial charge is 0.346 e. The molecule has 3 N–H and O–H groups in total. The summed E-state index contributed by atoms with van der Waals surface area (Å²) < 4.78 is 25.0. The summed E-state index contributed by atoms with van der Waals surface area (Å²) in [6, 6.07) is 8.91. The quantitative estimate of drug-likeness (QED) is 0.188. The third-order valence-corrected chi connectivity index (χ3v) is 7.49. The number of aliphatic hydroxyl groups is 1. The molecular formula is C30H35N5O8. The van der Waals surface area contributed by atoms with Crippen LogP contribution in [-0.2, 0) is 39.8 Å². The first kappa shape index (κ1) is 31.6. The highest BCUT2D eigenvalue weighted by Crippen LogP contribution is 2.46. The molecule has 13 nitrogen and oxygen atoms in total. The van der Waals surface area contributed by atoms with Crippen molar-refractivity contribution in [1.29, 1.82) is 0 Å². The zero-order chi connectivity index (χ0) is 31.5. The van der Waals surface area contributed by atoms with E-state index in [1.807, 2.05) is 6.07 Å². The number of ketones is 1. The Hall–Kier alpha value is -4.38. The molecule has 1 aliphatic rings. The molecule has 43 heavy (non-hydrogen) atoms. The molecule has 228 valence electrons. The SMILES string of the molecule is C#C[C@@]1(C)[C@@H](COC(Cc2ccccc2)(C(C)=O)C(=O)OCC)O[C@@H](n2cnc3c(N)nc(C(C)O)nc32)[C@@H]1OC(C)=O. The predicted molar refractivity (Wildman–Crippen MR) is 153 cm³/mol. The van der Waals surface area contributed by atoms with Crippen molar-refractivity contribution in [2.45, 2.75) is 71.2 Å². The minimum Gasteiger partial charge on any atom is -0.463 e. The lowest BCUT2D eigenvalue weighted by molar-refractivity contribution is -0.182. The van der Waals surface area contributed by atoms with Gasteiger partial charge in [0.05, 0.1) is 25.0 Å². The summed E-state index contributed by atoms with van der Waals surface area (Å²) in [6.45, 7) is 6.93. The van der Waals surface area contributed by atoms with Crippen molar-refractivity contribution in [3.63, 3.8) is 0 Å². The largest absolute Gasteiger partial charge is 0.463 e. The Morgan fingerprint density at radius 3 is 2.53 bits per heavy atom. The zero-order valence-corrected chi connectivity index (χ0v) is 24.6. The number of carbonyl (C=O) groups is 3. The average molecular weight is 594 g/mol. The van der Waals surface area contributed by atoms with E-state index in [1.165, 1.54) is 31.7 Å². The van der Waals surface area contributed by atoms with E-state index in [-0.39, 0.29) is 42.4 Å². The van der Waals surface area contributed by atoms with E-state index in [0.717, 1.165) is 0 Å². The van der Waals surface area contributed by atoms with Crippen LogP contribution in [0.3, 0.4) is 0 Å². The highest BCUT2D eigenvalue weighted by atomic mass is 16.6. The van der Waals surface area contributed by atoms with Gasteiger partial charge in [0, 0.05) is 13.3 Å². The van der Waals surface area contributed by atoms with Crippen molar-refractivity contribution >= 4 is 34.7 Å². The number of anilines is 1. The van der Waals surface area contributed by atoms with Crippen molar-refractivity contribution in [1.82, 2.24) is 19.5 Å². The first-order valence-corrected chi connectivity index (χ1v) is 13.7. The number of hydrogen-bond acceptors (Lipinski definition) is 12. The Balaban J connectivity index is 1.76. The fourth-order valence-electron chi connectivity index (χ4n) is 5.05. The van der Waals surface area contributed by atoms with Gasteiger partial charge in [0.15, 0.2) is 35.4 Å². The van der Waals surface area contributed by atoms with E-state index >= 15 is 0 Å². The summed E-state index contributed by atoms with van der Waals surface area (Å²) in [6.07, 6.45) is 3.12. The van der Waals surface area contributed by atoms with Crippen molar-refractivity contribution in [2.24, 2.45) is 5.41 Å². The van der Waals surface area contributed by atoms with Gasteiger partial charge < -0.3 is 29.8 Å². The normalized spacial score (nSPS) is 23.7. The van der Waals surface area contributed by atoms with Gasteiger partial charge in [0.2, 0.25) is 5.60 Å². The van der Waals surface area contributed by atoms with Gasteiger partial charge in [-0.2, -0.15) is 0 Å². The van der Waals surface area contributed by atoms with Gasteiger partial charge in [-0.25, -0.2) is 19.7 Å². The molecule has 0 aliphatic carbocycles. The summed E-state index contributed by atoms with van der Waals surface area (Å²) in [5, 5.41) is 10.1. The maximum atomic E-state index is 13.3. The van der Waals surface area contributed by atoms with Crippen LogP contribution in [0.15, 0.2) is 36.7 Å². The number of imidazole rings is 1. The maximum absolute atomic E-state index is 13.3. The van der Waals surface area contributed by atoms with E-state index in [0.29, 0.717) is 5.56 Å². The van der Waals surface area contributed by atoms with E-state index in [2.05, 4.69) is 20.9 Å². The van der Waals surface area contributed by atoms with Crippen LogP contribution in [0.4, 0.5) is 5.82 Å². The van der Waals surface area contributed by atoms with Crippen LogP contribution in [0.2, 0.25) is 0 Å². The van der Waals surface area contributed by atoms with Gasteiger partial charge in [-0.1, -0.05) is 36.3 Å². The number of esters is 2. The predicted octanol–water partition coefficient (Wildman–Crippen LogP) is 2.08. The summed E-state index contributed by atoms with van der Waals surface area (Å²) in [4.78, 5) is 51.5. The molecule has 13 heteroatoms. The molecule has 0 radical (unpaired) electrons. The number of nitrogens with two attached hydrogens (primary N) is 1. The Morgan fingerprint density at radius 1 is 1.26 bits per heavy atom. The van der Waals surface area contributed by atoms with Crippen LogP contribution in [0.25, 0.3) is 11.2 Å². The summed E-state index contributed by atoms with van der Waals surface area (Å²) in [5.41, 5.74) is 3.87. The molecule has 0 saturated carbocycles. The van der Waals surface area contributed by atoms with Crippen molar-refractivity contribution in [2.75, 3.05) is 18.9 Å². The van der Waals surface area contributed by atoms with Gasteiger partial charge in [-0.3, -0.25) is 14.2 Å². The van der Waals surface area contributed by atoms with Crippen LogP contribution in [0, 0.1) is 17.8 Å². The molecule has 0 spiro atoms. The number of fused-ring (bicyclic) bond motifs is 1. The van der Waals surface area contributed by atoms with Crippen molar-refractivity contribution in [3.05, 3.63) is 48.0 Å². The Labute approximate surface area is 248 Å². The highest BCUT2D eigenvalue weighted by molar-refractivity contribution is 6.06. The van der Waals surface area contributed by atoms with Crippen LogP contribution in [0.5, 0.6) is 0 Å². The lowest BCUT2D eigenvalue weighted by Crippen LogP contribution is -2.53. The Bertz CT molecular complexity index is 1550. The fraction of sp³-hybridized carbons (Fsp3) is 0.467. The molecule has 4 rings (SSSR count). The molecule has 1 fully saturated rings. The molecule has 3 aromatic rings. The number of nitrogens with zero attached hydrogens (tertiary/aromatic N) is 4. The monoisotopic (exact) mass is 593 g/mol. The minimum absolute atomic E-state index is 0.0255. The second kappa shape index (κ2) is 12.5. The fourth-order valence-corrected chi connectivity index (χ4v) is 5.05. The van der Waals surface area contributed by atoms with Gasteiger partial charge in [0.25, 0.3) is 0 Å². The molecule has 1 aromatic carbocycles. The molecule has 6 atom stereocenters. The standard InChI is InChI=1S/C30H35N5O8/c1-7-29(6)21(15-41-30(18(4)37,28(39)40-8-2)14-20-12-10-9-11-13-20)43-27(23(29)42-19(5)38)35-16-32-22-24(31)33-25(17(3)36)34-26(22)35/h1,9-13,16-17,21,23,27,36H,8,14-15H2,2-6H3,(H2,31,33,34)/t17?,21-,23+,27-,29+,30?/m1/s1. The molecule has 3 heterocycles. The average Bonchev–Trinajstić information content (AvgIpc) is 3.50. The number of hydrogen-bond donors (Lipinski definition) is 2. The van der Waals surface area contributed by atoms with Gasteiger partial charge in [-0.05, 0) is 33.3 Å². The summed E-state index contributed by atoms with van der Waals surface area (Å²) >= 11 is 0. The van der Waals surface area contributed by atoms with Crippen LogP contribution >= 0.6 is 0 Å². The van der Waals surface area contributed by atoms with Crippen molar-refractivity contribution in [3.8, 4) is 12.3 Å². The van der Waals surface area contributed by atoms with Crippen LogP contribution < -0.4 is 5.73 Å². The number of Topliss-reactive ketones (excluding diaryl/α,β-unsaturated/α-hetero) is 1. The zero-order valence-electron chi connectivity index (χ0n) is 24.6. The lowest BCUT2D eigenvalue weighted by Gasteiger charge is -2.33. The molecule has 2 unspecified atom stereocenters. The van der Waals surface area contributed by atoms with Crippen molar-refractivity contribution < 1.29 is 38.4 Å². The van der Waals surface area contributed by atoms with Gasteiger partial charge in [-0.15, -0.1) is 6.42 Å². The second-order valence-electron chi connectivity index (χ2n) is 10.5. The number of benzene rings is 1. The number of aromatic nitrogens is 4. The number of ether oxygens (including phenoxy) is 4. The molecule has 2 aromatic heterocycles. The minimum atomic E-state index is -2.00. The number of aliphatic hydroxyl groups excluding tert-OH is 1. The number of rotatable bonds is 11. The molecule has 0 bridgehead atoms. The summed E-state index contributed by atoms with van der Waals surface area (Å²) in [5.74, 6) is 0.720. The first-order chi connectivity index (χ1) is 20.4. The van der Waals surface area contributed by atoms with Gasteiger partial charge in [0.1, 0.15) is 17.7 Å². The van der Waals surface area contributed by atoms with Gasteiger partial charge >= 0.3 is 11.9 Å². The molecule has 1 saturated heterocycles. The van der Waals surface area contributed by atoms with E-state index < -0.39 is 53.3 Å². The third kappa shape index (κ3) is 5.94. The number of carbonyl (C=O) groups excluding carboxylic acids is 3. The number of terminal acetylenes is 1. The highest BCUT2D eigenvalue weighted by Gasteiger charge is 2.58.